The fourth-order valence-corrected chi connectivity index (χ4v) is 1.54. The summed E-state index contributed by atoms with van der Waals surface area (Å²) in [5, 5.41) is 2.66. The van der Waals surface area contributed by atoms with Gasteiger partial charge in [-0.15, -0.1) is 29.7 Å². The van der Waals surface area contributed by atoms with E-state index < -0.39 is 0 Å². The average Bonchev–Trinajstić information content (AvgIpc) is 2.88. The predicted octanol–water partition coefficient (Wildman–Crippen LogP) is -2.91. The Bertz CT molecular complexity index is 487. The SMILES string of the molecule is Cc1cc[cH-]c1.[Cl-].[Cl-].[SiH3].[Zr+4].c1ccc2[cH-]ccc2c1. The molecule has 0 nitrogen and oxygen atoms in total. The zero-order chi connectivity index (χ0) is 10.5. The Hall–Kier alpha value is -0.140. The Kier molecular flexibility index (Phi) is 16.2. The summed E-state index contributed by atoms with van der Waals surface area (Å²) < 4.78 is 0. The molecule has 99 valence electrons. The zero-order valence-corrected chi connectivity index (χ0v) is 17.1. The molecular weight excluding hydrogens is 370 g/mol. The second-order valence-corrected chi connectivity index (χ2v) is 3.62. The van der Waals surface area contributed by atoms with Crippen LogP contribution in [0.4, 0.5) is 0 Å². The first-order chi connectivity index (χ1) is 7.36. The molecule has 3 aromatic rings. The molecule has 3 aromatic carbocycles. The van der Waals surface area contributed by atoms with Gasteiger partial charge in [-0.25, -0.2) is 11.6 Å². The van der Waals surface area contributed by atoms with Crippen molar-refractivity contribution in [2.45, 2.75) is 6.92 Å². The molecule has 0 aliphatic rings. The third-order valence-electron chi connectivity index (χ3n) is 2.38. The van der Waals surface area contributed by atoms with Gasteiger partial charge in [0, 0.05) is 0 Å². The van der Waals surface area contributed by atoms with Gasteiger partial charge in [-0.3, -0.25) is 0 Å². The molecule has 3 rings (SSSR count). The Morgan fingerprint density at radius 1 is 0.895 bits per heavy atom. The molecule has 0 bridgehead atoms. The van der Waals surface area contributed by atoms with Crippen LogP contribution in [-0.2, 0) is 26.2 Å². The zero-order valence-electron chi connectivity index (χ0n) is 11.1. The molecule has 0 N–H and O–H groups in total. The van der Waals surface area contributed by atoms with Crippen molar-refractivity contribution in [3.8, 4) is 0 Å². The molecule has 0 aromatic heterocycles. The number of hydrogen-bond acceptors (Lipinski definition) is 0. The first-order valence-electron chi connectivity index (χ1n) is 5.15. The molecule has 0 heterocycles. The Morgan fingerprint density at radius 2 is 1.58 bits per heavy atom. The van der Waals surface area contributed by atoms with Crippen LogP contribution in [0, 0.1) is 6.92 Å². The molecule has 19 heavy (non-hydrogen) atoms. The van der Waals surface area contributed by atoms with Gasteiger partial charge in [-0.2, -0.15) is 35.7 Å². The quantitative estimate of drug-likeness (QED) is 0.287. The maximum atomic E-state index is 2.12. The van der Waals surface area contributed by atoms with Crippen molar-refractivity contribution in [2.24, 2.45) is 0 Å². The summed E-state index contributed by atoms with van der Waals surface area (Å²) in [5.74, 6) is 0. The van der Waals surface area contributed by atoms with Gasteiger partial charge in [0.25, 0.3) is 0 Å². The smallest absolute Gasteiger partial charge is 1.00 e. The molecule has 4 heteroatoms. The summed E-state index contributed by atoms with van der Waals surface area (Å²) in [6.45, 7) is 2.08. The van der Waals surface area contributed by atoms with E-state index in [9.17, 15) is 0 Å². The fraction of sp³-hybridized carbons (Fsp3) is 0.0667. The van der Waals surface area contributed by atoms with Gasteiger partial charge in [0.15, 0.2) is 0 Å². The van der Waals surface area contributed by atoms with Gasteiger partial charge in [0.1, 0.15) is 0 Å². The van der Waals surface area contributed by atoms with Crippen LogP contribution in [0.2, 0.25) is 0 Å². The van der Waals surface area contributed by atoms with E-state index in [1.54, 1.807) is 0 Å². The van der Waals surface area contributed by atoms with Crippen molar-refractivity contribution < 1.29 is 51.0 Å². The molecule has 0 saturated heterocycles. The van der Waals surface area contributed by atoms with Crippen LogP contribution in [0.1, 0.15) is 5.56 Å². The van der Waals surface area contributed by atoms with Crippen LogP contribution in [-0.4, -0.2) is 11.0 Å². The number of aryl methyl sites for hydroxylation is 1. The first-order valence-corrected chi connectivity index (χ1v) is 5.15. The van der Waals surface area contributed by atoms with Crippen molar-refractivity contribution in [2.75, 3.05) is 0 Å². The summed E-state index contributed by atoms with van der Waals surface area (Å²) in [4.78, 5) is 0. The van der Waals surface area contributed by atoms with Crippen molar-refractivity contribution in [1.82, 2.24) is 0 Å². The van der Waals surface area contributed by atoms with Crippen LogP contribution in [0.3, 0.4) is 0 Å². The maximum absolute atomic E-state index is 2.12. The standard InChI is InChI=1S/C9H7.C6H7.2ClH.H3Si.Zr/c1-2-5-9-7-3-6-8(9)4-1;1-6-4-2-3-5-6;;;;/h1-7H;2-5H,1H3;2*1H;1H3;/q2*-1;;;;+4/p-2. The minimum atomic E-state index is 0. The number of hydrogen-bond donors (Lipinski definition) is 0. The fourth-order valence-electron chi connectivity index (χ4n) is 1.54. The van der Waals surface area contributed by atoms with Gasteiger partial charge in [0.05, 0.1) is 0 Å². The molecule has 0 atom stereocenters. The van der Waals surface area contributed by atoms with Crippen LogP contribution in [0.15, 0.2) is 66.7 Å². The van der Waals surface area contributed by atoms with E-state index in [-0.39, 0.29) is 62.0 Å². The summed E-state index contributed by atoms with van der Waals surface area (Å²) in [7, 11) is 0. The second kappa shape index (κ2) is 12.9. The second-order valence-electron chi connectivity index (χ2n) is 3.62. The Labute approximate surface area is 151 Å². The van der Waals surface area contributed by atoms with E-state index >= 15 is 0 Å². The third kappa shape index (κ3) is 7.89. The Morgan fingerprint density at radius 3 is 2.05 bits per heavy atom. The van der Waals surface area contributed by atoms with Crippen molar-refractivity contribution in [3.05, 3.63) is 72.3 Å². The van der Waals surface area contributed by atoms with E-state index in [1.807, 2.05) is 12.1 Å². The minimum absolute atomic E-state index is 0. The topological polar surface area (TPSA) is 0 Å². The summed E-state index contributed by atoms with van der Waals surface area (Å²) >= 11 is 0. The third-order valence-corrected chi connectivity index (χ3v) is 2.38. The average molecular weight is 388 g/mol. The summed E-state index contributed by atoms with van der Waals surface area (Å²) in [6.07, 6.45) is 0. The molecule has 0 spiro atoms. The van der Waals surface area contributed by atoms with E-state index in [2.05, 4.69) is 61.5 Å². The molecular formula is C15H17Cl2SiZr. The normalized spacial score (nSPS) is 7.63. The summed E-state index contributed by atoms with van der Waals surface area (Å²) in [6, 6.07) is 22.9. The van der Waals surface area contributed by atoms with Gasteiger partial charge < -0.3 is 24.8 Å². The van der Waals surface area contributed by atoms with Gasteiger partial charge in [0.2, 0.25) is 0 Å². The van der Waals surface area contributed by atoms with Crippen molar-refractivity contribution in [3.63, 3.8) is 0 Å². The van der Waals surface area contributed by atoms with Crippen molar-refractivity contribution >= 4 is 21.7 Å². The van der Waals surface area contributed by atoms with Crippen LogP contribution >= 0.6 is 0 Å². The Balaban J connectivity index is -0.000000234. The van der Waals surface area contributed by atoms with Crippen LogP contribution in [0.5, 0.6) is 0 Å². The van der Waals surface area contributed by atoms with E-state index in [0.29, 0.717) is 0 Å². The molecule has 0 amide bonds. The minimum Gasteiger partial charge on any atom is -1.00 e. The molecule has 0 fully saturated rings. The molecule has 0 aliphatic heterocycles. The van der Waals surface area contributed by atoms with E-state index in [0.717, 1.165) is 0 Å². The van der Waals surface area contributed by atoms with Gasteiger partial charge >= 0.3 is 26.2 Å². The maximum Gasteiger partial charge on any atom is 4.00 e. The van der Waals surface area contributed by atoms with Crippen LogP contribution < -0.4 is 24.8 Å². The van der Waals surface area contributed by atoms with Crippen LogP contribution in [0.25, 0.3) is 10.8 Å². The van der Waals surface area contributed by atoms with Gasteiger partial charge in [-0.1, -0.05) is 13.0 Å². The first kappa shape index (κ1) is 23.9. The predicted molar refractivity (Wildman–Crippen MR) is 76.3 cm³/mol. The van der Waals surface area contributed by atoms with E-state index in [1.165, 1.54) is 16.3 Å². The van der Waals surface area contributed by atoms with Crippen molar-refractivity contribution in [1.29, 1.82) is 0 Å². The monoisotopic (exact) mass is 385 g/mol. The molecule has 0 aliphatic carbocycles. The molecule has 1 radical (unpaired) electrons. The summed E-state index contributed by atoms with van der Waals surface area (Å²) in [5.41, 5.74) is 1.34. The van der Waals surface area contributed by atoms with Gasteiger partial charge in [-0.05, 0) is 11.0 Å². The number of halogens is 2. The number of fused-ring (bicyclic) bond motifs is 1. The number of rotatable bonds is 0. The largest absolute Gasteiger partial charge is 4.00 e. The molecule has 0 unspecified atom stereocenters. The van der Waals surface area contributed by atoms with E-state index in [4.69, 9.17) is 0 Å². The molecule has 0 saturated carbocycles. The number of benzene rings is 1.